The Balaban J connectivity index is 2.13. The highest BCUT2D eigenvalue weighted by molar-refractivity contribution is 9.09. The summed E-state index contributed by atoms with van der Waals surface area (Å²) in [4.78, 5) is 53.5. The minimum absolute atomic E-state index is 0.00514. The van der Waals surface area contributed by atoms with Gasteiger partial charge < -0.3 is 26.2 Å². The molecule has 1 amide bonds. The molecule has 4 rings (SSSR count). The highest BCUT2D eigenvalue weighted by Gasteiger charge is 2.80. The topological polar surface area (TPSA) is 175 Å². The highest BCUT2D eigenvalue weighted by atomic mass is 79.9. The number of primary amides is 1. The number of aromatic hydroxyl groups is 1. The van der Waals surface area contributed by atoms with E-state index >= 15 is 0 Å². The van der Waals surface area contributed by atoms with Crippen LogP contribution in [0.4, 0.5) is 0 Å². The maximum atomic E-state index is 14.1. The van der Waals surface area contributed by atoms with Crippen molar-refractivity contribution in [1.29, 1.82) is 0 Å². The third kappa shape index (κ3) is 3.33. The molecule has 1 aromatic carbocycles. The summed E-state index contributed by atoms with van der Waals surface area (Å²) in [6.45, 7) is 8.70. The SMILES string of the molecule is CC(C)[C@H]1C(O)[C@@H](C(N)=O)C(=O)[C@]2(O)C(O)[C@H]3C(=O)c4c(O)cccc4[C@@H](C)[C@]3(C)[C@@H](CC(=O)CBr)[C@]12C. The van der Waals surface area contributed by atoms with Crippen LogP contribution in [0.1, 0.15) is 62.9 Å². The number of aliphatic hydroxyl groups is 3. The number of halogens is 1. The van der Waals surface area contributed by atoms with Gasteiger partial charge in [-0.15, -0.1) is 0 Å². The molecule has 3 aliphatic rings. The molecular weight excluding hydrogens is 558 g/mol. The fourth-order valence-corrected chi connectivity index (χ4v) is 8.88. The second-order valence-electron chi connectivity index (χ2n) is 12.1. The Morgan fingerprint density at radius 1 is 1.16 bits per heavy atom. The van der Waals surface area contributed by atoms with Gasteiger partial charge in [0, 0.05) is 11.8 Å². The van der Waals surface area contributed by atoms with Gasteiger partial charge in [0.1, 0.15) is 23.6 Å². The molecular formula is C28H36BrNO8. The lowest BCUT2D eigenvalue weighted by atomic mass is 9.33. The molecule has 9 nitrogen and oxygen atoms in total. The van der Waals surface area contributed by atoms with Gasteiger partial charge in [-0.05, 0) is 40.7 Å². The number of ketones is 3. The third-order valence-corrected chi connectivity index (χ3v) is 11.0. The summed E-state index contributed by atoms with van der Waals surface area (Å²) >= 11 is 3.20. The third-order valence-electron chi connectivity index (χ3n) is 10.4. The summed E-state index contributed by atoms with van der Waals surface area (Å²) < 4.78 is 0. The predicted molar refractivity (Wildman–Crippen MR) is 140 cm³/mol. The molecule has 6 N–H and O–H groups in total. The number of carbonyl (C=O) groups excluding carboxylic acids is 4. The van der Waals surface area contributed by atoms with E-state index in [1.54, 1.807) is 39.8 Å². The summed E-state index contributed by atoms with van der Waals surface area (Å²) in [5.41, 5.74) is 0.531. The van der Waals surface area contributed by atoms with E-state index in [1.165, 1.54) is 6.07 Å². The van der Waals surface area contributed by atoms with Gasteiger partial charge >= 0.3 is 0 Å². The minimum atomic E-state index is -2.69. The number of phenolic OH excluding ortho intramolecular Hbond substituents is 1. The Hall–Kier alpha value is -2.14. The highest BCUT2D eigenvalue weighted by Crippen LogP contribution is 2.71. The maximum Gasteiger partial charge on any atom is 0.230 e. The lowest BCUT2D eigenvalue weighted by Gasteiger charge is -2.71. The number of aliphatic hydroxyl groups excluding tert-OH is 2. The van der Waals surface area contributed by atoms with E-state index in [4.69, 9.17) is 5.73 Å². The number of phenols is 1. The number of amides is 1. The van der Waals surface area contributed by atoms with E-state index in [0.717, 1.165) is 0 Å². The van der Waals surface area contributed by atoms with Gasteiger partial charge in [0.05, 0.1) is 22.9 Å². The number of carbonyl (C=O) groups is 4. The Labute approximate surface area is 229 Å². The average Bonchev–Trinajstić information content (AvgIpc) is 2.82. The molecule has 38 heavy (non-hydrogen) atoms. The lowest BCUT2D eigenvalue weighted by molar-refractivity contribution is -0.292. The van der Waals surface area contributed by atoms with Crippen LogP contribution < -0.4 is 5.73 Å². The van der Waals surface area contributed by atoms with Crippen LogP contribution in [0.25, 0.3) is 0 Å². The van der Waals surface area contributed by atoms with Gasteiger partial charge in [0.15, 0.2) is 17.2 Å². The van der Waals surface area contributed by atoms with Gasteiger partial charge in [-0.3, -0.25) is 19.2 Å². The van der Waals surface area contributed by atoms with Crippen LogP contribution in [0.2, 0.25) is 0 Å². The van der Waals surface area contributed by atoms with Crippen LogP contribution in [0.5, 0.6) is 5.75 Å². The summed E-state index contributed by atoms with van der Waals surface area (Å²) in [5.74, 6) is -9.50. The van der Waals surface area contributed by atoms with Crippen LogP contribution >= 0.6 is 15.9 Å². The van der Waals surface area contributed by atoms with Crippen LogP contribution in [0.15, 0.2) is 18.2 Å². The molecule has 3 aliphatic carbocycles. The Morgan fingerprint density at radius 3 is 2.29 bits per heavy atom. The molecule has 0 heterocycles. The summed E-state index contributed by atoms with van der Waals surface area (Å²) in [6.07, 6.45) is -3.75. The molecule has 208 valence electrons. The normalized spacial score (nSPS) is 42.3. The zero-order valence-electron chi connectivity index (χ0n) is 22.1. The number of rotatable bonds is 5. The van der Waals surface area contributed by atoms with Crippen molar-refractivity contribution in [3.63, 3.8) is 0 Å². The molecule has 0 saturated heterocycles. The number of hydrogen-bond donors (Lipinski definition) is 5. The molecule has 1 aromatic rings. The Morgan fingerprint density at radius 2 is 1.76 bits per heavy atom. The number of alkyl halides is 1. The maximum absolute atomic E-state index is 14.1. The lowest BCUT2D eigenvalue weighted by Crippen LogP contribution is -2.82. The monoisotopic (exact) mass is 593 g/mol. The van der Waals surface area contributed by atoms with E-state index < -0.39 is 81.6 Å². The quantitative estimate of drug-likeness (QED) is 0.253. The Bertz CT molecular complexity index is 1220. The second-order valence-corrected chi connectivity index (χ2v) is 12.7. The van der Waals surface area contributed by atoms with Gasteiger partial charge in [0.25, 0.3) is 0 Å². The van der Waals surface area contributed by atoms with E-state index in [2.05, 4.69) is 15.9 Å². The number of nitrogens with two attached hydrogens (primary N) is 1. The molecule has 0 radical (unpaired) electrons. The van der Waals surface area contributed by atoms with E-state index in [9.17, 15) is 39.6 Å². The smallest absolute Gasteiger partial charge is 0.230 e. The molecule has 0 aliphatic heterocycles. The average molecular weight is 594 g/mol. The van der Waals surface area contributed by atoms with Crippen molar-refractivity contribution in [2.24, 2.45) is 46.2 Å². The van der Waals surface area contributed by atoms with E-state index in [0.29, 0.717) is 5.56 Å². The Kier molecular flexibility index (Phi) is 7.00. The van der Waals surface area contributed by atoms with Gasteiger partial charge in [-0.1, -0.05) is 62.7 Å². The van der Waals surface area contributed by atoms with Crippen molar-refractivity contribution in [2.75, 3.05) is 5.33 Å². The summed E-state index contributed by atoms with van der Waals surface area (Å²) in [6, 6.07) is 4.67. The second kappa shape index (κ2) is 9.21. The first-order valence-electron chi connectivity index (χ1n) is 12.9. The van der Waals surface area contributed by atoms with Crippen LogP contribution in [0, 0.1) is 40.4 Å². The number of fused-ring (bicyclic) bond motifs is 3. The molecule has 2 saturated carbocycles. The van der Waals surface area contributed by atoms with Gasteiger partial charge in [-0.2, -0.15) is 0 Å². The van der Waals surface area contributed by atoms with Crippen molar-refractivity contribution in [3.05, 3.63) is 29.3 Å². The molecule has 0 spiro atoms. The summed E-state index contributed by atoms with van der Waals surface area (Å²) in [5, 5.41) is 46.4. The first-order chi connectivity index (χ1) is 17.5. The van der Waals surface area contributed by atoms with E-state index in [-0.39, 0.29) is 28.8 Å². The predicted octanol–water partition coefficient (Wildman–Crippen LogP) is 1.71. The summed E-state index contributed by atoms with van der Waals surface area (Å²) in [7, 11) is 0. The molecule has 10 atom stereocenters. The zero-order chi connectivity index (χ0) is 28.7. The minimum Gasteiger partial charge on any atom is -0.507 e. The van der Waals surface area contributed by atoms with Crippen LogP contribution in [-0.2, 0) is 14.4 Å². The number of benzene rings is 1. The number of Topliss-reactive ketones (excluding diaryl/α,β-unsaturated/α-hetero) is 3. The van der Waals surface area contributed by atoms with Crippen molar-refractivity contribution < 1.29 is 39.6 Å². The zero-order valence-corrected chi connectivity index (χ0v) is 23.7. The van der Waals surface area contributed by atoms with Crippen LogP contribution in [0.3, 0.4) is 0 Å². The van der Waals surface area contributed by atoms with Gasteiger partial charge in [0.2, 0.25) is 5.91 Å². The van der Waals surface area contributed by atoms with E-state index in [1.807, 2.05) is 6.92 Å². The van der Waals surface area contributed by atoms with Crippen molar-refractivity contribution in [3.8, 4) is 5.75 Å². The van der Waals surface area contributed by atoms with Crippen molar-refractivity contribution in [2.45, 2.75) is 64.8 Å². The van der Waals surface area contributed by atoms with Gasteiger partial charge in [-0.25, -0.2) is 0 Å². The first kappa shape index (κ1) is 28.9. The van der Waals surface area contributed by atoms with Crippen molar-refractivity contribution >= 4 is 39.2 Å². The van der Waals surface area contributed by atoms with Crippen molar-refractivity contribution in [1.82, 2.24) is 0 Å². The standard InChI is InChI=1S/C28H36BrNO8/c1-11(2)19-22(34)18(25(30)37)23(35)28(38)24(36)20-21(33)17-14(7-6-8-15(17)32)12(3)26(20,4)16(27(19,28)5)9-13(31)10-29/h6-8,11-12,16,18-20,22,24,32,34,36,38H,9-10H2,1-5H3,(H2,30,37)/t12-,16-,18-,19+,20-,22?,24?,26-,27-,28+/m1/s1. The largest absolute Gasteiger partial charge is 0.507 e. The molecule has 2 unspecified atom stereocenters. The molecule has 2 fully saturated rings. The first-order valence-corrected chi connectivity index (χ1v) is 14.0. The molecule has 0 bridgehead atoms. The fraction of sp³-hybridized carbons (Fsp3) is 0.643. The molecule has 10 heteroatoms. The number of hydrogen-bond acceptors (Lipinski definition) is 8. The van der Waals surface area contributed by atoms with Crippen LogP contribution in [-0.4, -0.2) is 66.8 Å². The fourth-order valence-electron chi connectivity index (χ4n) is 8.65. The molecule has 0 aromatic heterocycles.